The van der Waals surface area contributed by atoms with E-state index < -0.39 is 47.3 Å². The number of rotatable bonds is 8. The molecule has 13 heteroatoms. The van der Waals surface area contributed by atoms with Crippen LogP contribution in [0, 0.1) is 34.9 Å². The largest absolute Gasteiger partial charge is 0 e. The van der Waals surface area contributed by atoms with E-state index in [1.54, 1.807) is 0 Å². The Balaban J connectivity index is 0.00000468. The molecule has 0 N–H and O–H groups in total. The van der Waals surface area contributed by atoms with Gasteiger partial charge >= 0.3 is 288 Å². The summed E-state index contributed by atoms with van der Waals surface area (Å²) < 4.78 is 95.2. The zero-order chi connectivity index (χ0) is 34.4. The van der Waals surface area contributed by atoms with Crippen LogP contribution in [0.1, 0.15) is 0 Å². The van der Waals surface area contributed by atoms with E-state index in [4.69, 9.17) is 38.4 Å². The molecule has 0 aliphatic rings. The average Bonchev–Trinajstić information content (AvgIpc) is 3.06. The van der Waals surface area contributed by atoms with Crippen molar-refractivity contribution in [2.75, 3.05) is 0 Å². The Hall–Kier alpha value is -2.75. The Morgan fingerprint density at radius 2 is 0.612 bits per heavy atom. The van der Waals surface area contributed by atoms with Gasteiger partial charge in [-0.15, -0.1) is 0 Å². The Kier molecular flexibility index (Phi) is 10.5. The summed E-state index contributed by atoms with van der Waals surface area (Å²) >= 11 is 23.3. The van der Waals surface area contributed by atoms with Gasteiger partial charge in [0, 0.05) is 20.4 Å². The fraction of sp³-hybridized carbons (Fsp3) is 0. The third-order valence-electron chi connectivity index (χ3n) is 8.09. The Morgan fingerprint density at radius 3 is 0.878 bits per heavy atom. The maximum atomic E-state index is 14.7. The Labute approximate surface area is 307 Å². The van der Waals surface area contributed by atoms with Crippen LogP contribution in [0.2, 0.25) is 5.02 Å². The van der Waals surface area contributed by atoms with Crippen molar-refractivity contribution in [3.05, 3.63) is 179 Å². The first-order chi connectivity index (χ1) is 22.7. The molecular formula is C36H23Cl3F6OP2Re. The number of hydrogen-bond donors (Lipinski definition) is 0. The van der Waals surface area contributed by atoms with Crippen molar-refractivity contribution in [2.24, 2.45) is 0 Å². The first kappa shape index (κ1) is 37.5. The molecule has 0 unspecified atom stereocenters. The van der Waals surface area contributed by atoms with Crippen LogP contribution in [0.4, 0.5) is 26.3 Å². The number of benzene rings is 6. The van der Waals surface area contributed by atoms with Crippen LogP contribution < -0.4 is 31.8 Å². The second kappa shape index (κ2) is 13.8. The van der Waals surface area contributed by atoms with E-state index in [2.05, 4.69) is 0 Å². The van der Waals surface area contributed by atoms with E-state index in [0.717, 1.165) is 72.8 Å². The third-order valence-corrected chi connectivity index (χ3v) is 22.9. The van der Waals surface area contributed by atoms with Gasteiger partial charge in [0.25, 0.3) is 0 Å². The van der Waals surface area contributed by atoms with Crippen LogP contribution in [0.5, 0.6) is 0 Å². The number of halogens is 9. The molecule has 0 saturated heterocycles. The van der Waals surface area contributed by atoms with Crippen molar-refractivity contribution in [2.45, 2.75) is 0 Å². The molecule has 0 aromatic heterocycles. The normalized spacial score (nSPS) is 13.4. The van der Waals surface area contributed by atoms with E-state index in [-0.39, 0.29) is 57.3 Å². The van der Waals surface area contributed by atoms with Gasteiger partial charge in [-0.25, -0.2) is 0 Å². The summed E-state index contributed by atoms with van der Waals surface area (Å²) in [4.78, 5) is 0. The summed E-state index contributed by atoms with van der Waals surface area (Å²) in [5.74, 6) is -3.86. The van der Waals surface area contributed by atoms with Crippen molar-refractivity contribution in [1.29, 1.82) is 0 Å². The van der Waals surface area contributed by atoms with Gasteiger partial charge in [0.05, 0.1) is 0 Å². The summed E-state index contributed by atoms with van der Waals surface area (Å²) in [5.41, 5.74) is 0. The van der Waals surface area contributed by atoms with E-state index in [9.17, 15) is 26.3 Å². The van der Waals surface area contributed by atoms with Crippen LogP contribution in [-0.4, -0.2) is 0 Å². The first-order valence-electron chi connectivity index (χ1n) is 14.2. The maximum absolute atomic E-state index is 14.7. The van der Waals surface area contributed by atoms with Crippen molar-refractivity contribution >= 4 is 78.3 Å². The van der Waals surface area contributed by atoms with Gasteiger partial charge in [-0.3, -0.25) is 0 Å². The van der Waals surface area contributed by atoms with Gasteiger partial charge < -0.3 is 0 Å². The quantitative estimate of drug-likeness (QED) is 0.109. The molecule has 6 aromatic carbocycles. The van der Waals surface area contributed by atoms with Crippen LogP contribution in [0.3, 0.4) is 0 Å². The summed E-state index contributed by atoms with van der Waals surface area (Å²) in [5, 5.41) is 0.480. The summed E-state index contributed by atoms with van der Waals surface area (Å²) in [6, 6.07) is 28.3. The molecule has 0 atom stereocenters. The molecule has 0 saturated carbocycles. The monoisotopic (exact) mass is 939 g/mol. The van der Waals surface area contributed by atoms with Gasteiger partial charge in [0.1, 0.15) is 0 Å². The first-order valence-corrected chi connectivity index (χ1v) is 20.7. The third kappa shape index (κ3) is 6.26. The minimum absolute atomic E-state index is 0. The van der Waals surface area contributed by atoms with Gasteiger partial charge in [-0.05, 0) is 0 Å². The van der Waals surface area contributed by atoms with E-state index >= 15 is 0 Å². The minimum Gasteiger partial charge on any atom is 0 e. The Bertz CT molecular complexity index is 1960. The topological polar surface area (TPSA) is 9.23 Å². The molecule has 0 aliphatic carbocycles. The molecule has 1 radical (unpaired) electrons. The maximum Gasteiger partial charge on any atom is 0 e. The Morgan fingerprint density at radius 1 is 0.367 bits per heavy atom. The van der Waals surface area contributed by atoms with E-state index in [1.807, 2.05) is 0 Å². The second-order valence-corrected chi connectivity index (χ2v) is 22.6. The molecule has 49 heavy (non-hydrogen) atoms. The second-order valence-electron chi connectivity index (χ2n) is 10.9. The van der Waals surface area contributed by atoms with Crippen molar-refractivity contribution < 1.29 is 51.1 Å². The molecule has 0 heterocycles. The predicted octanol–water partition coefficient (Wildman–Crippen LogP) is 9.69. The van der Waals surface area contributed by atoms with Gasteiger partial charge in [0.15, 0.2) is 0 Å². The molecule has 0 amide bonds. The molecule has 253 valence electrons. The van der Waals surface area contributed by atoms with Crippen LogP contribution >= 0.6 is 46.4 Å². The van der Waals surface area contributed by atoms with Crippen LogP contribution in [0.15, 0.2) is 140 Å². The van der Waals surface area contributed by atoms with E-state index in [0.29, 0.717) is 0 Å². The fourth-order valence-corrected chi connectivity index (χ4v) is 21.7. The zero-order valence-electron chi connectivity index (χ0n) is 24.9. The average molecular weight is 940 g/mol. The molecular weight excluding hydrogens is 917 g/mol. The standard InChI is InChI=1S/C36H23Cl3F6OP2.Re/c37-35-23-29(45)11-22-36(35)48(39,33-18-7-27(43)8-19-33,34-20-9-28(44)10-21-34)46-47(38,30-12-1-24(40)2-13-30,31-14-3-25(41)4-15-31)32-16-5-26(42)6-17-32;/h1-23H;. The zero-order valence-corrected chi connectivity index (χ0v) is 31.6. The van der Waals surface area contributed by atoms with Gasteiger partial charge in [-0.1, -0.05) is 0 Å². The summed E-state index contributed by atoms with van der Waals surface area (Å²) in [7, 11) is 0. The molecule has 6 rings (SSSR count). The van der Waals surface area contributed by atoms with Crippen molar-refractivity contribution in [3.8, 4) is 0 Å². The van der Waals surface area contributed by atoms with Crippen LogP contribution in [-0.2, 0) is 24.7 Å². The summed E-state index contributed by atoms with van der Waals surface area (Å²) in [6.07, 6.45) is -10.7. The SMILES string of the molecule is Fc1ccc(P(Cl)(OP(Cl)(c2ccc(F)cc2)(c2ccc(F)cc2)c2ccc(F)cc2Cl)(c2ccc(F)cc2)c2ccc(F)cc2)cc1.[Re]. The van der Waals surface area contributed by atoms with Gasteiger partial charge in [-0.2, -0.15) is 0 Å². The minimum atomic E-state index is -5.40. The molecule has 0 spiro atoms. The smallest absolute Gasteiger partial charge is 0 e. The summed E-state index contributed by atoms with van der Waals surface area (Å²) in [6.45, 7) is 0. The predicted molar refractivity (Wildman–Crippen MR) is 188 cm³/mol. The molecule has 0 fully saturated rings. The molecule has 0 aliphatic heterocycles. The van der Waals surface area contributed by atoms with E-state index in [1.165, 1.54) is 66.7 Å². The van der Waals surface area contributed by atoms with Gasteiger partial charge in [0.2, 0.25) is 0 Å². The number of hydrogen-bond acceptors (Lipinski definition) is 1. The van der Waals surface area contributed by atoms with Crippen molar-refractivity contribution in [3.63, 3.8) is 0 Å². The molecule has 1 nitrogen and oxygen atoms in total. The molecule has 6 aromatic rings. The molecule has 0 bridgehead atoms. The van der Waals surface area contributed by atoms with Crippen LogP contribution in [0.25, 0.3) is 0 Å². The fourth-order valence-electron chi connectivity index (χ4n) is 5.78. The van der Waals surface area contributed by atoms with Crippen molar-refractivity contribution in [1.82, 2.24) is 0 Å².